The number of phenols is 1. The van der Waals surface area contributed by atoms with Crippen LogP contribution < -0.4 is 5.32 Å². The first-order valence-electron chi connectivity index (χ1n) is 18.1. The SMILES string of the molecule is CC.CC.CCC.CCC.CCNc1ccc2c(O)c(N=Nc3ccc(N=NC)c4ccccc34)c(C)cc2c1.c1ccc2ccccc2c1. The first kappa shape index (κ1) is 42.9. The Morgan fingerprint density at radius 3 is 1.46 bits per heavy atom. The van der Waals surface area contributed by atoms with Crippen molar-refractivity contribution in [3.05, 3.63) is 115 Å². The summed E-state index contributed by atoms with van der Waals surface area (Å²) in [6.07, 6.45) is 2.50. The molecular formula is C44H59N5O. The van der Waals surface area contributed by atoms with Crippen LogP contribution in [-0.2, 0) is 0 Å². The molecule has 0 spiro atoms. The van der Waals surface area contributed by atoms with Crippen LogP contribution in [0.3, 0.4) is 0 Å². The molecule has 0 atom stereocenters. The predicted octanol–water partition coefficient (Wildman–Crippen LogP) is 15.3. The molecule has 50 heavy (non-hydrogen) atoms. The van der Waals surface area contributed by atoms with Gasteiger partial charge >= 0.3 is 0 Å². The predicted molar refractivity (Wildman–Crippen MR) is 222 cm³/mol. The molecule has 0 aliphatic rings. The van der Waals surface area contributed by atoms with E-state index in [0.717, 1.165) is 45.0 Å². The van der Waals surface area contributed by atoms with Crippen molar-refractivity contribution in [3.63, 3.8) is 0 Å². The number of aryl methyl sites for hydroxylation is 1. The van der Waals surface area contributed by atoms with E-state index < -0.39 is 0 Å². The number of nitrogens with zero attached hydrogens (tertiary/aromatic N) is 4. The highest BCUT2D eigenvalue weighted by atomic mass is 16.3. The summed E-state index contributed by atoms with van der Waals surface area (Å²) in [6.45, 7) is 21.3. The molecule has 0 amide bonds. The Morgan fingerprint density at radius 1 is 0.540 bits per heavy atom. The third-order valence-corrected chi connectivity index (χ3v) is 6.66. The van der Waals surface area contributed by atoms with E-state index in [2.05, 4.69) is 109 Å². The number of hydrogen-bond donors (Lipinski definition) is 2. The molecule has 266 valence electrons. The maximum absolute atomic E-state index is 10.9. The minimum Gasteiger partial charge on any atom is -0.505 e. The Kier molecular flexibility index (Phi) is 21.4. The van der Waals surface area contributed by atoms with Gasteiger partial charge in [0.2, 0.25) is 0 Å². The lowest BCUT2D eigenvalue weighted by Crippen LogP contribution is -1.95. The van der Waals surface area contributed by atoms with E-state index in [1.165, 1.54) is 23.6 Å². The summed E-state index contributed by atoms with van der Waals surface area (Å²) < 4.78 is 0. The molecule has 6 aromatic rings. The van der Waals surface area contributed by atoms with Crippen LogP contribution in [0.1, 0.15) is 80.7 Å². The van der Waals surface area contributed by atoms with E-state index in [1.807, 2.05) is 95.3 Å². The Bertz CT molecular complexity index is 1830. The van der Waals surface area contributed by atoms with Gasteiger partial charge in [-0.25, -0.2) is 0 Å². The number of nitrogens with one attached hydrogen (secondary N) is 1. The average molecular weight is 674 g/mol. The Balaban J connectivity index is 0.000000513. The number of benzene rings is 6. The average Bonchev–Trinajstić information content (AvgIpc) is 3.15. The van der Waals surface area contributed by atoms with E-state index in [4.69, 9.17) is 0 Å². The largest absolute Gasteiger partial charge is 0.505 e. The fraction of sp³-hybridized carbons (Fsp3) is 0.318. The van der Waals surface area contributed by atoms with Crippen molar-refractivity contribution in [1.82, 2.24) is 0 Å². The highest BCUT2D eigenvalue weighted by molar-refractivity contribution is 6.00. The number of phenolic OH excluding ortho intramolecular Hbond substituents is 1. The number of azo groups is 2. The number of anilines is 1. The zero-order valence-corrected chi connectivity index (χ0v) is 32.2. The molecule has 0 aliphatic carbocycles. The van der Waals surface area contributed by atoms with E-state index >= 15 is 0 Å². The van der Waals surface area contributed by atoms with Crippen LogP contribution in [0.4, 0.5) is 22.7 Å². The highest BCUT2D eigenvalue weighted by Crippen LogP contribution is 2.41. The van der Waals surface area contributed by atoms with Crippen LogP contribution in [0.5, 0.6) is 5.75 Å². The lowest BCUT2D eigenvalue weighted by atomic mass is 10.0. The van der Waals surface area contributed by atoms with Crippen LogP contribution in [-0.4, -0.2) is 18.7 Å². The fourth-order valence-corrected chi connectivity index (χ4v) is 4.74. The minimum absolute atomic E-state index is 0.137. The number of aromatic hydroxyl groups is 1. The Hall–Kier alpha value is -5.10. The maximum atomic E-state index is 10.9. The number of fused-ring (bicyclic) bond motifs is 3. The van der Waals surface area contributed by atoms with Crippen LogP contribution in [0, 0.1) is 6.92 Å². The molecule has 0 aromatic heterocycles. The molecule has 0 fully saturated rings. The first-order chi connectivity index (χ1) is 24.4. The topological polar surface area (TPSA) is 81.7 Å². The van der Waals surface area contributed by atoms with Crippen molar-refractivity contribution >= 4 is 55.1 Å². The van der Waals surface area contributed by atoms with E-state index in [0.29, 0.717) is 11.4 Å². The highest BCUT2D eigenvalue weighted by Gasteiger charge is 2.12. The summed E-state index contributed by atoms with van der Waals surface area (Å²) in [7, 11) is 1.65. The lowest BCUT2D eigenvalue weighted by Gasteiger charge is -2.10. The van der Waals surface area contributed by atoms with Crippen molar-refractivity contribution < 1.29 is 5.11 Å². The molecule has 0 heterocycles. The molecule has 6 rings (SSSR count). The van der Waals surface area contributed by atoms with Gasteiger partial charge in [-0.1, -0.05) is 141 Å². The van der Waals surface area contributed by atoms with Gasteiger partial charge in [0.05, 0.1) is 11.4 Å². The van der Waals surface area contributed by atoms with Crippen LogP contribution in [0.15, 0.2) is 130 Å². The number of rotatable bonds is 5. The first-order valence-corrected chi connectivity index (χ1v) is 18.1. The summed E-state index contributed by atoms with van der Waals surface area (Å²) in [5.41, 5.74) is 3.85. The molecule has 6 aromatic carbocycles. The van der Waals surface area contributed by atoms with E-state index in [-0.39, 0.29) is 5.75 Å². The lowest BCUT2D eigenvalue weighted by molar-refractivity contribution is 0.482. The standard InChI is InChI=1S/C24H23N5O.C10H8.2C3H8.2C2H6/c1-4-26-17-9-10-18-16(14-17)13-15(2)23(24(18)30)29-28-22-12-11-21(27-25-3)19-7-5-6-8-20(19)22;1-2-6-10-8-4-3-7-9(10)5-1;2*1-3-2;2*1-2/h5-14,26,30H,4H2,1-3H3;1-8H;2*3H2,1-2H3;2*1-2H3. The van der Waals surface area contributed by atoms with Crippen LogP contribution >= 0.6 is 0 Å². The summed E-state index contributed by atoms with van der Waals surface area (Å²) in [6, 6.07) is 36.2. The van der Waals surface area contributed by atoms with Gasteiger partial charge < -0.3 is 10.4 Å². The third-order valence-electron chi connectivity index (χ3n) is 6.66. The van der Waals surface area contributed by atoms with Gasteiger partial charge in [-0.05, 0) is 72.0 Å². The monoisotopic (exact) mass is 673 g/mol. The van der Waals surface area contributed by atoms with Crippen LogP contribution in [0.25, 0.3) is 32.3 Å². The van der Waals surface area contributed by atoms with E-state index in [1.54, 1.807) is 7.05 Å². The van der Waals surface area contributed by atoms with Gasteiger partial charge in [0, 0.05) is 35.4 Å². The van der Waals surface area contributed by atoms with Crippen molar-refractivity contribution in [1.29, 1.82) is 0 Å². The number of hydrogen-bond acceptors (Lipinski definition) is 6. The molecule has 6 nitrogen and oxygen atoms in total. The van der Waals surface area contributed by atoms with Gasteiger partial charge in [-0.3, -0.25) is 0 Å². The summed E-state index contributed by atoms with van der Waals surface area (Å²) in [5.74, 6) is 0.137. The molecule has 0 unspecified atom stereocenters. The molecule has 6 heteroatoms. The van der Waals surface area contributed by atoms with Crippen molar-refractivity contribution in [3.8, 4) is 5.75 Å². The van der Waals surface area contributed by atoms with Gasteiger partial charge in [0.1, 0.15) is 5.69 Å². The van der Waals surface area contributed by atoms with Gasteiger partial charge in [0.15, 0.2) is 5.75 Å². The second-order valence-corrected chi connectivity index (χ2v) is 10.8. The zero-order valence-electron chi connectivity index (χ0n) is 32.2. The van der Waals surface area contributed by atoms with Crippen molar-refractivity contribution in [2.24, 2.45) is 20.5 Å². The molecule has 0 radical (unpaired) electrons. The molecule has 0 saturated carbocycles. The molecular weight excluding hydrogens is 615 g/mol. The van der Waals surface area contributed by atoms with Crippen molar-refractivity contribution in [2.75, 3.05) is 18.9 Å². The fourth-order valence-electron chi connectivity index (χ4n) is 4.74. The minimum atomic E-state index is 0.137. The third kappa shape index (κ3) is 12.7. The molecule has 0 saturated heterocycles. The van der Waals surface area contributed by atoms with Gasteiger partial charge in [-0.2, -0.15) is 10.2 Å². The van der Waals surface area contributed by atoms with Crippen LogP contribution in [0.2, 0.25) is 0 Å². The quantitative estimate of drug-likeness (QED) is 0.179. The summed E-state index contributed by atoms with van der Waals surface area (Å²) >= 11 is 0. The summed E-state index contributed by atoms with van der Waals surface area (Å²) in [5, 5.41) is 37.3. The van der Waals surface area contributed by atoms with Gasteiger partial charge in [0.25, 0.3) is 0 Å². The second-order valence-electron chi connectivity index (χ2n) is 10.8. The molecule has 0 bridgehead atoms. The Labute approximate surface area is 301 Å². The van der Waals surface area contributed by atoms with E-state index in [9.17, 15) is 5.11 Å². The van der Waals surface area contributed by atoms with Gasteiger partial charge in [-0.15, -0.1) is 10.2 Å². The molecule has 0 aliphatic heterocycles. The zero-order chi connectivity index (χ0) is 37.3. The normalized spacial score (nSPS) is 10.1. The summed E-state index contributed by atoms with van der Waals surface area (Å²) in [4.78, 5) is 0. The Morgan fingerprint density at radius 2 is 1.00 bits per heavy atom. The maximum Gasteiger partial charge on any atom is 0.151 e. The molecule has 2 N–H and O–H groups in total. The van der Waals surface area contributed by atoms with Crippen molar-refractivity contribution in [2.45, 2.75) is 82.1 Å². The smallest absolute Gasteiger partial charge is 0.151 e. The second kappa shape index (κ2) is 25.0.